The lowest BCUT2D eigenvalue weighted by atomic mass is 9.84. The zero-order chi connectivity index (χ0) is 21.5. The molecule has 0 heterocycles. The molecule has 158 valence electrons. The molecule has 0 aliphatic rings. The van der Waals surface area contributed by atoms with E-state index in [0.717, 1.165) is 6.42 Å². The molecule has 0 fully saturated rings. The third kappa shape index (κ3) is 10.9. The second-order valence-electron chi connectivity index (χ2n) is 7.03. The molecule has 0 saturated heterocycles. The molecule has 4 heteroatoms. The first kappa shape index (κ1) is 27.5. The number of benzene rings is 1. The van der Waals surface area contributed by atoms with Gasteiger partial charge in [-0.15, -0.1) is 0 Å². The molecule has 0 radical (unpaired) electrons. The van der Waals surface area contributed by atoms with E-state index in [-0.39, 0.29) is 5.97 Å². The van der Waals surface area contributed by atoms with Crippen LogP contribution in [-0.2, 0) is 4.79 Å². The maximum absolute atomic E-state index is 12.5. The van der Waals surface area contributed by atoms with Crippen molar-refractivity contribution in [3.05, 3.63) is 18.2 Å². The first-order chi connectivity index (χ1) is 12.7. The Morgan fingerprint density at radius 1 is 0.963 bits per heavy atom. The van der Waals surface area contributed by atoms with Crippen molar-refractivity contribution in [2.75, 3.05) is 13.2 Å². The van der Waals surface area contributed by atoms with Gasteiger partial charge in [-0.2, -0.15) is 0 Å². The molecule has 1 rings (SSSR count). The van der Waals surface area contributed by atoms with E-state index < -0.39 is 5.41 Å². The summed E-state index contributed by atoms with van der Waals surface area (Å²) < 4.78 is 16.8. The average Bonchev–Trinajstić information content (AvgIpc) is 2.59. The molecule has 0 aromatic heterocycles. The number of rotatable bonds is 8. The van der Waals surface area contributed by atoms with Gasteiger partial charge in [0.1, 0.15) is 0 Å². The minimum absolute atomic E-state index is 0.269. The average molecular weight is 383 g/mol. The standard InChI is InChI=1S/C18H28O4.C3H8.C2H6/c1-7-20-14-10-9-11-15(21-8-2)16(14)22-17(19)18(5,6)12-13(3)4;1-3-2;1-2/h9-11,13H,7-8,12H2,1-6H3;3H2,1-2H3;1-2H3. The molecule has 0 atom stereocenters. The van der Waals surface area contributed by atoms with Crippen LogP contribution in [0, 0.1) is 11.3 Å². The van der Waals surface area contributed by atoms with Crippen molar-refractivity contribution in [1.82, 2.24) is 0 Å². The van der Waals surface area contributed by atoms with E-state index in [4.69, 9.17) is 14.2 Å². The van der Waals surface area contributed by atoms with E-state index >= 15 is 0 Å². The summed E-state index contributed by atoms with van der Waals surface area (Å²) in [6.07, 6.45) is 2.01. The molecule has 1 aromatic carbocycles. The summed E-state index contributed by atoms with van der Waals surface area (Å²) in [5.74, 6) is 1.57. The maximum atomic E-state index is 12.5. The van der Waals surface area contributed by atoms with Gasteiger partial charge in [0.25, 0.3) is 0 Å². The van der Waals surface area contributed by atoms with Crippen molar-refractivity contribution < 1.29 is 19.0 Å². The van der Waals surface area contributed by atoms with Gasteiger partial charge < -0.3 is 14.2 Å². The Kier molecular flexibility index (Phi) is 15.6. The summed E-state index contributed by atoms with van der Waals surface area (Å²) >= 11 is 0. The molecule has 27 heavy (non-hydrogen) atoms. The smallest absolute Gasteiger partial charge is 0.317 e. The second-order valence-corrected chi connectivity index (χ2v) is 7.03. The van der Waals surface area contributed by atoms with Crippen molar-refractivity contribution in [2.45, 2.75) is 82.1 Å². The number of esters is 1. The van der Waals surface area contributed by atoms with E-state index in [9.17, 15) is 4.79 Å². The molecule has 0 unspecified atom stereocenters. The third-order valence-corrected chi connectivity index (χ3v) is 3.21. The number of hydrogen-bond donors (Lipinski definition) is 0. The van der Waals surface area contributed by atoms with E-state index in [2.05, 4.69) is 27.7 Å². The number of ether oxygens (including phenoxy) is 3. The van der Waals surface area contributed by atoms with Crippen LogP contribution in [0.15, 0.2) is 18.2 Å². The molecule has 0 aliphatic heterocycles. The van der Waals surface area contributed by atoms with Crippen LogP contribution < -0.4 is 14.2 Å². The summed E-state index contributed by atoms with van der Waals surface area (Å²) in [6, 6.07) is 5.39. The largest absolute Gasteiger partial charge is 0.490 e. The van der Waals surface area contributed by atoms with Gasteiger partial charge in [-0.05, 0) is 52.2 Å². The highest BCUT2D eigenvalue weighted by Gasteiger charge is 2.32. The Hall–Kier alpha value is -1.71. The van der Waals surface area contributed by atoms with Crippen molar-refractivity contribution in [1.29, 1.82) is 0 Å². The Labute approximate surface area is 167 Å². The quantitative estimate of drug-likeness (QED) is 0.362. The van der Waals surface area contributed by atoms with Crippen LogP contribution in [-0.4, -0.2) is 19.2 Å². The fourth-order valence-corrected chi connectivity index (χ4v) is 2.47. The fraction of sp³-hybridized carbons (Fsp3) is 0.696. The zero-order valence-electron chi connectivity index (χ0n) is 19.3. The van der Waals surface area contributed by atoms with Crippen LogP contribution in [0.2, 0.25) is 0 Å². The molecule has 0 amide bonds. The molecule has 0 bridgehead atoms. The molecular formula is C23H42O4. The van der Waals surface area contributed by atoms with Gasteiger partial charge in [0, 0.05) is 0 Å². The van der Waals surface area contributed by atoms with Crippen molar-refractivity contribution in [2.24, 2.45) is 11.3 Å². The minimum Gasteiger partial charge on any atom is -0.490 e. The van der Waals surface area contributed by atoms with Crippen LogP contribution in [0.1, 0.15) is 82.1 Å². The molecule has 0 spiro atoms. The third-order valence-electron chi connectivity index (χ3n) is 3.21. The highest BCUT2D eigenvalue weighted by atomic mass is 16.6. The minimum atomic E-state index is -0.559. The summed E-state index contributed by atoms with van der Waals surface area (Å²) in [5, 5.41) is 0. The first-order valence-corrected chi connectivity index (χ1v) is 10.3. The summed E-state index contributed by atoms with van der Waals surface area (Å²) in [4.78, 5) is 12.5. The molecule has 1 aromatic rings. The first-order valence-electron chi connectivity index (χ1n) is 10.3. The van der Waals surface area contributed by atoms with Crippen molar-refractivity contribution in [3.8, 4) is 17.2 Å². The molecule has 0 N–H and O–H groups in total. The van der Waals surface area contributed by atoms with Crippen molar-refractivity contribution >= 4 is 5.97 Å². The topological polar surface area (TPSA) is 44.8 Å². The van der Waals surface area contributed by atoms with Gasteiger partial charge in [0.2, 0.25) is 5.75 Å². The summed E-state index contributed by atoms with van der Waals surface area (Å²) in [5.41, 5.74) is -0.559. The van der Waals surface area contributed by atoms with E-state index in [0.29, 0.717) is 36.4 Å². The van der Waals surface area contributed by atoms with Crippen LogP contribution >= 0.6 is 0 Å². The number of para-hydroxylation sites is 1. The van der Waals surface area contributed by atoms with Gasteiger partial charge in [-0.3, -0.25) is 4.79 Å². The normalized spacial score (nSPS) is 10.2. The SMILES string of the molecule is CC.CCC.CCOc1cccc(OCC)c1OC(=O)C(C)(C)CC(C)C. The number of hydrogen-bond acceptors (Lipinski definition) is 4. The summed E-state index contributed by atoms with van der Waals surface area (Å²) in [6.45, 7) is 21.0. The Balaban J connectivity index is 0. The van der Waals surface area contributed by atoms with Gasteiger partial charge >= 0.3 is 5.97 Å². The van der Waals surface area contributed by atoms with E-state index in [1.807, 2.05) is 47.6 Å². The number of carbonyl (C=O) groups is 1. The Morgan fingerprint density at radius 2 is 1.37 bits per heavy atom. The lowest BCUT2D eigenvalue weighted by Gasteiger charge is -2.25. The second kappa shape index (κ2) is 15.4. The van der Waals surface area contributed by atoms with Crippen LogP contribution in [0.4, 0.5) is 0 Å². The van der Waals surface area contributed by atoms with Crippen molar-refractivity contribution in [3.63, 3.8) is 0 Å². The van der Waals surface area contributed by atoms with Gasteiger partial charge in [-0.1, -0.05) is 54.0 Å². The van der Waals surface area contributed by atoms with Gasteiger partial charge in [-0.25, -0.2) is 0 Å². The Morgan fingerprint density at radius 3 is 1.70 bits per heavy atom. The maximum Gasteiger partial charge on any atom is 0.317 e. The predicted molar refractivity (Wildman–Crippen MR) is 115 cm³/mol. The van der Waals surface area contributed by atoms with Crippen LogP contribution in [0.5, 0.6) is 17.2 Å². The molecule has 4 nitrogen and oxygen atoms in total. The highest BCUT2D eigenvalue weighted by Crippen LogP contribution is 2.39. The molecule has 0 aliphatic carbocycles. The van der Waals surface area contributed by atoms with Crippen LogP contribution in [0.25, 0.3) is 0 Å². The van der Waals surface area contributed by atoms with Gasteiger partial charge in [0.05, 0.1) is 18.6 Å². The van der Waals surface area contributed by atoms with E-state index in [1.165, 1.54) is 6.42 Å². The zero-order valence-corrected chi connectivity index (χ0v) is 19.3. The predicted octanol–water partition coefficient (Wildman–Crippen LogP) is 6.90. The fourth-order valence-electron chi connectivity index (χ4n) is 2.47. The summed E-state index contributed by atoms with van der Waals surface area (Å²) in [7, 11) is 0. The molecular weight excluding hydrogens is 340 g/mol. The Bertz CT molecular complexity index is 483. The lowest BCUT2D eigenvalue weighted by molar-refractivity contribution is -0.145. The van der Waals surface area contributed by atoms with E-state index in [1.54, 1.807) is 12.1 Å². The number of carbonyl (C=O) groups excluding carboxylic acids is 1. The highest BCUT2D eigenvalue weighted by molar-refractivity contribution is 5.79. The van der Waals surface area contributed by atoms with Crippen LogP contribution in [0.3, 0.4) is 0 Å². The molecule has 0 saturated carbocycles. The lowest BCUT2D eigenvalue weighted by Crippen LogP contribution is -2.30. The van der Waals surface area contributed by atoms with Gasteiger partial charge in [0.15, 0.2) is 11.5 Å². The monoisotopic (exact) mass is 382 g/mol.